The first-order valence-corrected chi connectivity index (χ1v) is 7.80. The molecule has 2 aromatic rings. The SMILES string of the molecule is Cc1ccccc1/C=C/C(=O)N[C@@H](CN(C)C)c1ccccc1. The molecule has 0 aliphatic heterocycles. The van der Waals surface area contributed by atoms with Crippen LogP contribution in [0.4, 0.5) is 0 Å². The van der Waals surface area contributed by atoms with E-state index in [-0.39, 0.29) is 11.9 Å². The molecule has 23 heavy (non-hydrogen) atoms. The lowest BCUT2D eigenvalue weighted by molar-refractivity contribution is -0.117. The Morgan fingerprint density at radius 1 is 1.09 bits per heavy atom. The van der Waals surface area contributed by atoms with Gasteiger partial charge in [0.05, 0.1) is 6.04 Å². The van der Waals surface area contributed by atoms with Gasteiger partial charge in [-0.3, -0.25) is 4.79 Å². The molecule has 0 saturated carbocycles. The van der Waals surface area contributed by atoms with Gasteiger partial charge in [0.25, 0.3) is 0 Å². The second kappa shape index (κ2) is 8.30. The molecule has 0 aliphatic carbocycles. The Hall–Kier alpha value is -2.39. The average Bonchev–Trinajstić information content (AvgIpc) is 2.54. The van der Waals surface area contributed by atoms with Crippen LogP contribution in [-0.2, 0) is 4.79 Å². The molecular weight excluding hydrogens is 284 g/mol. The highest BCUT2D eigenvalue weighted by Crippen LogP contribution is 2.14. The molecule has 0 radical (unpaired) electrons. The Kier molecular flexibility index (Phi) is 6.12. The van der Waals surface area contributed by atoms with E-state index in [1.54, 1.807) is 6.08 Å². The number of rotatable bonds is 6. The van der Waals surface area contributed by atoms with Gasteiger partial charge in [0.15, 0.2) is 0 Å². The van der Waals surface area contributed by atoms with Crippen molar-refractivity contribution in [2.45, 2.75) is 13.0 Å². The second-order valence-corrected chi connectivity index (χ2v) is 5.92. The summed E-state index contributed by atoms with van der Waals surface area (Å²) in [6.45, 7) is 2.80. The predicted octanol–water partition coefficient (Wildman–Crippen LogP) is 3.43. The molecule has 0 unspecified atom stereocenters. The van der Waals surface area contributed by atoms with E-state index in [2.05, 4.69) is 10.2 Å². The largest absolute Gasteiger partial charge is 0.344 e. The minimum Gasteiger partial charge on any atom is -0.344 e. The Morgan fingerprint density at radius 3 is 2.39 bits per heavy atom. The molecule has 1 amide bonds. The highest BCUT2D eigenvalue weighted by Gasteiger charge is 2.13. The summed E-state index contributed by atoms with van der Waals surface area (Å²) in [4.78, 5) is 14.3. The van der Waals surface area contributed by atoms with Gasteiger partial charge in [0.2, 0.25) is 5.91 Å². The zero-order chi connectivity index (χ0) is 16.7. The third-order valence-electron chi connectivity index (χ3n) is 3.67. The Balaban J connectivity index is 2.07. The standard InChI is InChI=1S/C20H24N2O/c1-16-9-7-8-10-17(16)13-14-20(23)21-19(15-22(2)3)18-11-5-4-6-12-18/h4-14,19H,15H2,1-3H3,(H,21,23)/b14-13+/t19-/m0/s1. The van der Waals surface area contributed by atoms with Gasteiger partial charge >= 0.3 is 0 Å². The average molecular weight is 308 g/mol. The number of aryl methyl sites for hydroxylation is 1. The molecule has 2 aromatic carbocycles. The quantitative estimate of drug-likeness (QED) is 0.829. The lowest BCUT2D eigenvalue weighted by Gasteiger charge is -2.22. The number of carbonyl (C=O) groups is 1. The molecule has 1 atom stereocenters. The van der Waals surface area contributed by atoms with Crippen LogP contribution in [0.3, 0.4) is 0 Å². The van der Waals surface area contributed by atoms with Gasteiger partial charge in [-0.2, -0.15) is 0 Å². The van der Waals surface area contributed by atoms with Crippen LogP contribution >= 0.6 is 0 Å². The third-order valence-corrected chi connectivity index (χ3v) is 3.67. The Bertz CT molecular complexity index is 662. The fraction of sp³-hybridized carbons (Fsp3) is 0.250. The molecule has 1 N–H and O–H groups in total. The number of carbonyl (C=O) groups excluding carboxylic acids is 1. The fourth-order valence-electron chi connectivity index (χ4n) is 2.44. The molecule has 0 bridgehead atoms. The first kappa shape index (κ1) is 17.0. The van der Waals surface area contributed by atoms with Crippen molar-refractivity contribution in [3.05, 3.63) is 77.4 Å². The van der Waals surface area contributed by atoms with E-state index in [0.717, 1.165) is 23.2 Å². The van der Waals surface area contributed by atoms with Crippen molar-refractivity contribution in [2.24, 2.45) is 0 Å². The molecular formula is C20H24N2O. The summed E-state index contributed by atoms with van der Waals surface area (Å²) in [5.74, 6) is -0.0797. The number of benzene rings is 2. The molecule has 3 heteroatoms. The summed E-state index contributed by atoms with van der Waals surface area (Å²) in [6, 6.07) is 18.0. The lowest BCUT2D eigenvalue weighted by Crippen LogP contribution is -2.34. The van der Waals surface area contributed by atoms with E-state index < -0.39 is 0 Å². The van der Waals surface area contributed by atoms with Crippen molar-refractivity contribution in [1.82, 2.24) is 10.2 Å². The van der Waals surface area contributed by atoms with Crippen LogP contribution in [0.1, 0.15) is 22.7 Å². The van der Waals surface area contributed by atoms with Gasteiger partial charge in [-0.25, -0.2) is 0 Å². The highest BCUT2D eigenvalue weighted by molar-refractivity contribution is 5.92. The number of hydrogen-bond acceptors (Lipinski definition) is 2. The Labute approximate surface area is 138 Å². The van der Waals surface area contributed by atoms with E-state index in [4.69, 9.17) is 0 Å². The van der Waals surface area contributed by atoms with Crippen molar-refractivity contribution >= 4 is 12.0 Å². The van der Waals surface area contributed by atoms with Crippen LogP contribution in [0.5, 0.6) is 0 Å². The highest BCUT2D eigenvalue weighted by atomic mass is 16.1. The van der Waals surface area contributed by atoms with Crippen LogP contribution in [0, 0.1) is 6.92 Å². The van der Waals surface area contributed by atoms with Crippen molar-refractivity contribution in [2.75, 3.05) is 20.6 Å². The van der Waals surface area contributed by atoms with Gasteiger partial charge in [-0.05, 0) is 43.8 Å². The minimum atomic E-state index is -0.0797. The zero-order valence-corrected chi connectivity index (χ0v) is 14.0. The fourth-order valence-corrected chi connectivity index (χ4v) is 2.44. The summed E-state index contributed by atoms with van der Waals surface area (Å²) in [6.07, 6.45) is 3.47. The van der Waals surface area contributed by atoms with Gasteiger partial charge in [0.1, 0.15) is 0 Å². The first-order chi connectivity index (χ1) is 11.1. The molecule has 0 saturated heterocycles. The monoisotopic (exact) mass is 308 g/mol. The van der Waals surface area contributed by atoms with E-state index in [1.807, 2.05) is 81.7 Å². The van der Waals surface area contributed by atoms with Crippen LogP contribution in [0.25, 0.3) is 6.08 Å². The molecule has 3 nitrogen and oxygen atoms in total. The van der Waals surface area contributed by atoms with E-state index in [0.29, 0.717) is 0 Å². The topological polar surface area (TPSA) is 32.3 Å². The molecule has 2 rings (SSSR count). The predicted molar refractivity (Wildman–Crippen MR) is 96.1 cm³/mol. The maximum Gasteiger partial charge on any atom is 0.244 e. The molecule has 0 aromatic heterocycles. The number of amides is 1. The van der Waals surface area contributed by atoms with Crippen molar-refractivity contribution < 1.29 is 4.79 Å². The van der Waals surface area contributed by atoms with Crippen molar-refractivity contribution in [3.8, 4) is 0 Å². The second-order valence-electron chi connectivity index (χ2n) is 5.92. The maximum atomic E-state index is 12.3. The van der Waals surface area contributed by atoms with E-state index in [1.165, 1.54) is 0 Å². The Morgan fingerprint density at radius 2 is 1.74 bits per heavy atom. The summed E-state index contributed by atoms with van der Waals surface area (Å²) < 4.78 is 0. The summed E-state index contributed by atoms with van der Waals surface area (Å²) >= 11 is 0. The molecule has 120 valence electrons. The van der Waals surface area contributed by atoms with Crippen LogP contribution in [0.15, 0.2) is 60.7 Å². The molecule has 0 fully saturated rings. The van der Waals surface area contributed by atoms with Crippen LogP contribution in [0.2, 0.25) is 0 Å². The summed E-state index contributed by atoms with van der Waals surface area (Å²) in [5.41, 5.74) is 3.33. The number of nitrogens with zero attached hydrogens (tertiary/aromatic N) is 1. The molecule has 0 aliphatic rings. The van der Waals surface area contributed by atoms with Crippen LogP contribution in [-0.4, -0.2) is 31.4 Å². The smallest absolute Gasteiger partial charge is 0.244 e. The summed E-state index contributed by atoms with van der Waals surface area (Å²) in [7, 11) is 4.01. The van der Waals surface area contributed by atoms with E-state index in [9.17, 15) is 4.79 Å². The minimum absolute atomic E-state index is 0.0276. The maximum absolute atomic E-state index is 12.3. The van der Waals surface area contributed by atoms with Crippen molar-refractivity contribution in [3.63, 3.8) is 0 Å². The number of hydrogen-bond donors (Lipinski definition) is 1. The normalized spacial score (nSPS) is 12.5. The van der Waals surface area contributed by atoms with Crippen molar-refractivity contribution in [1.29, 1.82) is 0 Å². The first-order valence-electron chi connectivity index (χ1n) is 7.80. The number of nitrogens with one attached hydrogen (secondary N) is 1. The molecule has 0 spiro atoms. The van der Waals surface area contributed by atoms with Gasteiger partial charge < -0.3 is 10.2 Å². The molecule has 0 heterocycles. The van der Waals surface area contributed by atoms with Gasteiger partial charge in [-0.1, -0.05) is 54.6 Å². The van der Waals surface area contributed by atoms with Gasteiger partial charge in [0, 0.05) is 12.6 Å². The lowest BCUT2D eigenvalue weighted by atomic mass is 10.1. The van der Waals surface area contributed by atoms with E-state index >= 15 is 0 Å². The van der Waals surface area contributed by atoms with Crippen LogP contribution < -0.4 is 5.32 Å². The number of likely N-dealkylation sites (N-methyl/N-ethyl adjacent to an activating group) is 1. The summed E-state index contributed by atoms with van der Waals surface area (Å²) in [5, 5.41) is 3.09. The van der Waals surface area contributed by atoms with Gasteiger partial charge in [-0.15, -0.1) is 0 Å². The third kappa shape index (κ3) is 5.38. The zero-order valence-electron chi connectivity index (χ0n) is 14.0.